The molecule has 2 aromatic heterocycles. The van der Waals surface area contributed by atoms with Crippen molar-refractivity contribution in [1.29, 1.82) is 0 Å². The molecule has 19 heavy (non-hydrogen) atoms. The Morgan fingerprint density at radius 1 is 1.58 bits per heavy atom. The van der Waals surface area contributed by atoms with Crippen LogP contribution in [0.3, 0.4) is 0 Å². The van der Waals surface area contributed by atoms with Crippen molar-refractivity contribution in [3.8, 4) is 6.01 Å². The van der Waals surface area contributed by atoms with E-state index < -0.39 is 10.0 Å². The van der Waals surface area contributed by atoms with E-state index in [2.05, 4.69) is 25.0 Å². The van der Waals surface area contributed by atoms with Crippen LogP contribution in [0.1, 0.15) is 6.92 Å². The first-order valence-corrected chi connectivity index (χ1v) is 7.05. The summed E-state index contributed by atoms with van der Waals surface area (Å²) in [5.41, 5.74) is 0. The maximum Gasteiger partial charge on any atom is 0.337 e. The molecule has 0 fully saturated rings. The molecule has 0 saturated heterocycles. The summed E-state index contributed by atoms with van der Waals surface area (Å²) in [6.07, 6.45) is 1.24. The van der Waals surface area contributed by atoms with Gasteiger partial charge in [0.25, 0.3) is 10.0 Å². The summed E-state index contributed by atoms with van der Waals surface area (Å²) in [5.74, 6) is -0.0688. The molecule has 0 aliphatic carbocycles. The van der Waals surface area contributed by atoms with Crippen LogP contribution in [0.25, 0.3) is 0 Å². The van der Waals surface area contributed by atoms with Crippen molar-refractivity contribution in [2.24, 2.45) is 7.05 Å². The minimum atomic E-state index is -3.90. The molecular formula is C8H11ClN6O3S. The fourth-order valence-corrected chi connectivity index (χ4v) is 2.98. The Bertz CT molecular complexity index is 659. The number of aromatic amines is 1. The number of sulfonamides is 1. The Kier molecular flexibility index (Phi) is 3.62. The van der Waals surface area contributed by atoms with Crippen molar-refractivity contribution < 1.29 is 13.2 Å². The molecule has 0 aliphatic heterocycles. The third kappa shape index (κ3) is 2.79. The van der Waals surface area contributed by atoms with Crippen LogP contribution in [-0.4, -0.2) is 40.0 Å². The van der Waals surface area contributed by atoms with Gasteiger partial charge < -0.3 is 4.74 Å². The molecule has 0 unspecified atom stereocenters. The van der Waals surface area contributed by atoms with E-state index in [1.54, 1.807) is 6.92 Å². The molecule has 2 heterocycles. The molecule has 0 radical (unpaired) electrons. The number of anilines is 1. The first-order valence-electron chi connectivity index (χ1n) is 5.19. The van der Waals surface area contributed by atoms with Gasteiger partial charge in [0, 0.05) is 7.05 Å². The highest BCUT2D eigenvalue weighted by molar-refractivity contribution is 7.92. The van der Waals surface area contributed by atoms with Gasteiger partial charge in [0.15, 0.2) is 5.03 Å². The smallest absolute Gasteiger partial charge is 0.337 e. The number of hydrogen-bond donors (Lipinski definition) is 2. The number of aromatic nitrogens is 5. The quantitative estimate of drug-likeness (QED) is 0.826. The van der Waals surface area contributed by atoms with Gasteiger partial charge in [-0.1, -0.05) is 11.6 Å². The third-order valence-electron chi connectivity index (χ3n) is 2.07. The van der Waals surface area contributed by atoms with Gasteiger partial charge in [-0.3, -0.25) is 4.68 Å². The third-order valence-corrected chi connectivity index (χ3v) is 3.91. The number of nitrogens with zero attached hydrogens (tertiary/aromatic N) is 4. The normalized spacial score (nSPS) is 11.5. The van der Waals surface area contributed by atoms with Gasteiger partial charge in [-0.2, -0.15) is 18.5 Å². The van der Waals surface area contributed by atoms with Crippen molar-refractivity contribution >= 4 is 27.6 Å². The van der Waals surface area contributed by atoms with E-state index in [0.29, 0.717) is 6.61 Å². The van der Waals surface area contributed by atoms with E-state index in [9.17, 15) is 8.42 Å². The molecule has 0 aromatic carbocycles. The monoisotopic (exact) mass is 306 g/mol. The van der Waals surface area contributed by atoms with Gasteiger partial charge in [-0.05, 0) is 6.92 Å². The van der Waals surface area contributed by atoms with E-state index in [1.165, 1.54) is 13.2 Å². The zero-order valence-corrected chi connectivity index (χ0v) is 11.7. The van der Waals surface area contributed by atoms with Crippen LogP contribution in [0.15, 0.2) is 11.2 Å². The molecule has 0 spiro atoms. The lowest BCUT2D eigenvalue weighted by molar-refractivity contribution is 0.314. The molecule has 2 aromatic rings. The van der Waals surface area contributed by atoms with Crippen LogP contribution in [0.5, 0.6) is 6.01 Å². The Morgan fingerprint density at radius 2 is 2.32 bits per heavy atom. The van der Waals surface area contributed by atoms with E-state index in [0.717, 1.165) is 4.68 Å². The number of halogens is 1. The summed E-state index contributed by atoms with van der Waals surface area (Å²) < 4.78 is 32.5. The number of nitrogens with one attached hydrogen (secondary N) is 2. The minimum Gasteiger partial charge on any atom is -0.463 e. The van der Waals surface area contributed by atoms with Crippen molar-refractivity contribution in [3.63, 3.8) is 0 Å². The predicted octanol–water partition coefficient (Wildman–Crippen LogP) is 0.391. The molecule has 0 bridgehead atoms. The predicted molar refractivity (Wildman–Crippen MR) is 66.6 cm³/mol. The fourth-order valence-electron chi connectivity index (χ4n) is 1.36. The zero-order chi connectivity index (χ0) is 14.0. The fraction of sp³-hybridized carbons (Fsp3) is 0.375. The van der Waals surface area contributed by atoms with Crippen molar-refractivity contribution in [1.82, 2.24) is 25.0 Å². The lowest BCUT2D eigenvalue weighted by Crippen LogP contribution is -2.18. The van der Waals surface area contributed by atoms with Crippen molar-refractivity contribution in [2.75, 3.05) is 11.3 Å². The summed E-state index contributed by atoms with van der Waals surface area (Å²) >= 11 is 5.78. The molecule has 2 N–H and O–H groups in total. The van der Waals surface area contributed by atoms with Gasteiger partial charge in [-0.25, -0.2) is 9.82 Å². The average Bonchev–Trinajstić information content (AvgIpc) is 2.86. The average molecular weight is 307 g/mol. The summed E-state index contributed by atoms with van der Waals surface area (Å²) in [5, 5.41) is 9.68. The molecule has 0 saturated carbocycles. The molecular weight excluding hydrogens is 296 g/mol. The molecule has 104 valence electrons. The van der Waals surface area contributed by atoms with Crippen LogP contribution >= 0.6 is 11.6 Å². The van der Waals surface area contributed by atoms with E-state index in [4.69, 9.17) is 16.3 Å². The Morgan fingerprint density at radius 3 is 2.89 bits per heavy atom. The molecule has 0 atom stereocenters. The Labute approximate surface area is 114 Å². The highest BCUT2D eigenvalue weighted by Gasteiger charge is 2.24. The standard InChI is InChI=1S/C8H11ClN6O3S/c1-3-18-8-11-7(12-13-8)14-19(16,17)6-5(9)4-10-15(6)2/h4H,3H2,1-2H3,(H2,11,12,13,14). The molecule has 2 rings (SSSR count). The molecule has 0 aliphatic rings. The Hall–Kier alpha value is -1.81. The largest absolute Gasteiger partial charge is 0.463 e. The highest BCUT2D eigenvalue weighted by Crippen LogP contribution is 2.21. The number of ether oxygens (including phenoxy) is 1. The van der Waals surface area contributed by atoms with E-state index >= 15 is 0 Å². The summed E-state index contributed by atoms with van der Waals surface area (Å²) in [4.78, 5) is 3.80. The topological polar surface area (TPSA) is 115 Å². The number of rotatable bonds is 5. The van der Waals surface area contributed by atoms with Crippen LogP contribution in [-0.2, 0) is 17.1 Å². The van der Waals surface area contributed by atoms with Crippen LogP contribution in [0, 0.1) is 0 Å². The molecule has 9 nitrogen and oxygen atoms in total. The highest BCUT2D eigenvalue weighted by atomic mass is 35.5. The van der Waals surface area contributed by atoms with Crippen molar-refractivity contribution in [3.05, 3.63) is 11.2 Å². The molecule has 11 heteroatoms. The first kappa shape index (κ1) is 13.6. The number of H-pyrrole nitrogens is 1. The number of hydrogen-bond acceptors (Lipinski definition) is 6. The summed E-state index contributed by atoms with van der Waals surface area (Å²) in [7, 11) is -2.44. The summed E-state index contributed by atoms with van der Waals surface area (Å²) in [6, 6.07) is 0.0521. The second kappa shape index (κ2) is 5.05. The second-order valence-corrected chi connectivity index (χ2v) is 5.43. The first-order chi connectivity index (χ1) is 8.94. The van der Waals surface area contributed by atoms with Crippen LogP contribution in [0.2, 0.25) is 5.02 Å². The van der Waals surface area contributed by atoms with E-state index in [1.807, 2.05) is 0 Å². The zero-order valence-electron chi connectivity index (χ0n) is 10.1. The molecule has 0 amide bonds. The van der Waals surface area contributed by atoms with Gasteiger partial charge in [0.1, 0.15) is 0 Å². The van der Waals surface area contributed by atoms with E-state index in [-0.39, 0.29) is 22.0 Å². The minimum absolute atomic E-state index is 0.0135. The lowest BCUT2D eigenvalue weighted by atomic mass is 10.7. The maximum absolute atomic E-state index is 12.1. The number of aryl methyl sites for hydroxylation is 1. The van der Waals surface area contributed by atoms with Gasteiger partial charge >= 0.3 is 6.01 Å². The SMILES string of the molecule is CCOc1n[nH]c(NS(=O)(=O)c2c(Cl)cnn2C)n1. The van der Waals surface area contributed by atoms with Gasteiger partial charge in [-0.15, -0.1) is 5.10 Å². The second-order valence-electron chi connectivity index (χ2n) is 3.43. The van der Waals surface area contributed by atoms with Crippen LogP contribution < -0.4 is 9.46 Å². The summed E-state index contributed by atoms with van der Waals surface area (Å²) in [6.45, 7) is 2.13. The van der Waals surface area contributed by atoms with Gasteiger partial charge in [0.2, 0.25) is 5.95 Å². The lowest BCUT2D eigenvalue weighted by Gasteiger charge is -2.05. The van der Waals surface area contributed by atoms with Crippen molar-refractivity contribution in [2.45, 2.75) is 11.9 Å². The maximum atomic E-state index is 12.1. The Balaban J connectivity index is 2.26. The van der Waals surface area contributed by atoms with Crippen LogP contribution in [0.4, 0.5) is 5.95 Å². The van der Waals surface area contributed by atoms with Gasteiger partial charge in [0.05, 0.1) is 17.8 Å².